The molecular weight excluding hydrogens is 264 g/mol. The molecule has 1 N–H and O–H groups in total. The third-order valence-electron chi connectivity index (χ3n) is 2.62. The van der Waals surface area contributed by atoms with Gasteiger partial charge in [-0.1, -0.05) is 6.92 Å². The van der Waals surface area contributed by atoms with Crippen molar-refractivity contribution < 1.29 is 0 Å². The van der Waals surface area contributed by atoms with Gasteiger partial charge in [0.1, 0.15) is 11.4 Å². The average molecular weight is 282 g/mol. The molecule has 2 heterocycles. The van der Waals surface area contributed by atoms with Crippen LogP contribution in [0.3, 0.4) is 0 Å². The molecule has 1 atom stereocenters. The number of hydrogen-bond acceptors (Lipinski definition) is 6. The van der Waals surface area contributed by atoms with E-state index in [1.165, 1.54) is 0 Å². The van der Waals surface area contributed by atoms with Gasteiger partial charge in [0, 0.05) is 30.9 Å². The summed E-state index contributed by atoms with van der Waals surface area (Å²) in [6.07, 6.45) is 1.09. The molecule has 0 aliphatic carbocycles. The van der Waals surface area contributed by atoms with Crippen LogP contribution in [0.25, 0.3) is 11.4 Å². The molecule has 0 spiro atoms. The lowest BCUT2D eigenvalue weighted by atomic mass is 10.3. The molecule has 2 aromatic rings. The number of thiazole rings is 2. The van der Waals surface area contributed by atoms with Crippen LogP contribution in [-0.2, 0) is 0 Å². The monoisotopic (exact) mass is 282 g/mol. The standard InChI is InChI=1S/C12H18N4S2/c1-5-8(2)13-11-14-9(6-17-11)10-7-18-12(15-10)16(3)4/h6-8H,5H2,1-4H3,(H,13,14). The van der Waals surface area contributed by atoms with Crippen LogP contribution in [0.5, 0.6) is 0 Å². The second kappa shape index (κ2) is 5.67. The molecular formula is C12H18N4S2. The summed E-state index contributed by atoms with van der Waals surface area (Å²) in [5.74, 6) is 0. The second-order valence-corrected chi connectivity index (χ2v) is 6.10. The quantitative estimate of drug-likeness (QED) is 0.910. The van der Waals surface area contributed by atoms with Crippen molar-refractivity contribution in [3.63, 3.8) is 0 Å². The minimum atomic E-state index is 0.455. The summed E-state index contributed by atoms with van der Waals surface area (Å²) in [6.45, 7) is 4.32. The van der Waals surface area contributed by atoms with E-state index >= 15 is 0 Å². The van der Waals surface area contributed by atoms with Crippen LogP contribution in [0, 0.1) is 0 Å². The van der Waals surface area contributed by atoms with E-state index in [0.29, 0.717) is 6.04 Å². The summed E-state index contributed by atoms with van der Waals surface area (Å²) in [5.41, 5.74) is 1.91. The van der Waals surface area contributed by atoms with Gasteiger partial charge in [0.15, 0.2) is 10.3 Å². The van der Waals surface area contributed by atoms with Gasteiger partial charge in [0.05, 0.1) is 0 Å². The van der Waals surface area contributed by atoms with Crippen molar-refractivity contribution in [3.8, 4) is 11.4 Å². The van der Waals surface area contributed by atoms with Gasteiger partial charge in [0.2, 0.25) is 0 Å². The van der Waals surface area contributed by atoms with Crippen LogP contribution in [0.4, 0.5) is 10.3 Å². The number of rotatable bonds is 5. The predicted molar refractivity (Wildman–Crippen MR) is 80.9 cm³/mol. The zero-order chi connectivity index (χ0) is 13.1. The maximum Gasteiger partial charge on any atom is 0.185 e. The van der Waals surface area contributed by atoms with Gasteiger partial charge in [-0.25, -0.2) is 9.97 Å². The van der Waals surface area contributed by atoms with Gasteiger partial charge in [0.25, 0.3) is 0 Å². The fourth-order valence-electron chi connectivity index (χ4n) is 1.36. The van der Waals surface area contributed by atoms with E-state index < -0.39 is 0 Å². The molecule has 0 saturated carbocycles. The molecule has 6 heteroatoms. The van der Waals surface area contributed by atoms with E-state index in [2.05, 4.69) is 39.9 Å². The van der Waals surface area contributed by atoms with E-state index in [1.807, 2.05) is 19.0 Å². The predicted octanol–water partition coefficient (Wildman–Crippen LogP) is 3.54. The minimum Gasteiger partial charge on any atom is -0.359 e. The molecule has 0 fully saturated rings. The molecule has 2 rings (SSSR count). The average Bonchev–Trinajstić information content (AvgIpc) is 2.96. The summed E-state index contributed by atoms with van der Waals surface area (Å²) < 4.78 is 0. The Morgan fingerprint density at radius 3 is 2.50 bits per heavy atom. The van der Waals surface area contributed by atoms with Crippen molar-refractivity contribution in [1.82, 2.24) is 9.97 Å². The van der Waals surface area contributed by atoms with Gasteiger partial charge in [-0.3, -0.25) is 0 Å². The Morgan fingerprint density at radius 1 is 1.22 bits per heavy atom. The van der Waals surface area contributed by atoms with Gasteiger partial charge in [-0.15, -0.1) is 22.7 Å². The highest BCUT2D eigenvalue weighted by molar-refractivity contribution is 7.14. The van der Waals surface area contributed by atoms with Gasteiger partial charge in [-0.05, 0) is 13.3 Å². The van der Waals surface area contributed by atoms with Crippen molar-refractivity contribution in [2.24, 2.45) is 0 Å². The first kappa shape index (κ1) is 13.3. The lowest BCUT2D eigenvalue weighted by Crippen LogP contribution is -2.12. The van der Waals surface area contributed by atoms with Crippen LogP contribution in [0.15, 0.2) is 10.8 Å². The maximum atomic E-state index is 4.57. The van der Waals surface area contributed by atoms with Crippen molar-refractivity contribution in [1.29, 1.82) is 0 Å². The van der Waals surface area contributed by atoms with Crippen LogP contribution in [-0.4, -0.2) is 30.1 Å². The fourth-order valence-corrected chi connectivity index (χ4v) is 2.93. The first-order valence-corrected chi connectivity index (χ1v) is 7.71. The number of nitrogens with zero attached hydrogens (tertiary/aromatic N) is 3. The van der Waals surface area contributed by atoms with Crippen molar-refractivity contribution in [3.05, 3.63) is 10.8 Å². The molecule has 0 aliphatic rings. The zero-order valence-corrected chi connectivity index (χ0v) is 12.7. The van der Waals surface area contributed by atoms with Crippen LogP contribution >= 0.6 is 22.7 Å². The summed E-state index contributed by atoms with van der Waals surface area (Å²) in [5, 5.41) is 9.47. The van der Waals surface area contributed by atoms with Crippen LogP contribution in [0.1, 0.15) is 20.3 Å². The van der Waals surface area contributed by atoms with Gasteiger partial charge >= 0.3 is 0 Å². The number of hydrogen-bond donors (Lipinski definition) is 1. The third-order valence-corrected chi connectivity index (χ3v) is 4.41. The van der Waals surface area contributed by atoms with E-state index in [-0.39, 0.29) is 0 Å². The third kappa shape index (κ3) is 3.00. The summed E-state index contributed by atoms with van der Waals surface area (Å²) in [7, 11) is 4.00. The molecule has 0 radical (unpaired) electrons. The highest BCUT2D eigenvalue weighted by Gasteiger charge is 2.10. The fraction of sp³-hybridized carbons (Fsp3) is 0.500. The first-order chi connectivity index (χ1) is 8.60. The summed E-state index contributed by atoms with van der Waals surface area (Å²) in [6, 6.07) is 0.455. The Hall–Kier alpha value is -1.14. The molecule has 0 saturated heterocycles. The second-order valence-electron chi connectivity index (χ2n) is 4.40. The van der Waals surface area contributed by atoms with Gasteiger partial charge < -0.3 is 10.2 Å². The van der Waals surface area contributed by atoms with E-state index in [9.17, 15) is 0 Å². The smallest absolute Gasteiger partial charge is 0.185 e. The normalized spacial score (nSPS) is 12.4. The molecule has 0 bridgehead atoms. The Kier molecular flexibility index (Phi) is 4.19. The highest BCUT2D eigenvalue weighted by Crippen LogP contribution is 2.29. The molecule has 1 unspecified atom stereocenters. The summed E-state index contributed by atoms with van der Waals surface area (Å²) in [4.78, 5) is 11.1. The van der Waals surface area contributed by atoms with E-state index in [4.69, 9.17) is 0 Å². The van der Waals surface area contributed by atoms with Gasteiger partial charge in [-0.2, -0.15) is 0 Å². The molecule has 18 heavy (non-hydrogen) atoms. The van der Waals surface area contributed by atoms with Crippen molar-refractivity contribution >= 4 is 32.9 Å². The molecule has 2 aromatic heterocycles. The Labute approximate surface area is 116 Å². The molecule has 0 aliphatic heterocycles. The van der Waals surface area contributed by atoms with Crippen molar-refractivity contribution in [2.75, 3.05) is 24.3 Å². The van der Waals surface area contributed by atoms with Crippen LogP contribution < -0.4 is 10.2 Å². The number of nitrogens with one attached hydrogen (secondary N) is 1. The van der Waals surface area contributed by atoms with E-state index in [0.717, 1.165) is 28.1 Å². The number of aromatic nitrogens is 2. The van der Waals surface area contributed by atoms with Crippen LogP contribution in [0.2, 0.25) is 0 Å². The Morgan fingerprint density at radius 2 is 1.89 bits per heavy atom. The SMILES string of the molecule is CCC(C)Nc1nc(-c2csc(N(C)C)n2)cs1. The molecule has 0 aromatic carbocycles. The highest BCUT2D eigenvalue weighted by atomic mass is 32.1. The lowest BCUT2D eigenvalue weighted by Gasteiger charge is -2.08. The molecule has 4 nitrogen and oxygen atoms in total. The Bertz CT molecular complexity index is 504. The summed E-state index contributed by atoms with van der Waals surface area (Å²) >= 11 is 3.27. The van der Waals surface area contributed by atoms with E-state index in [1.54, 1.807) is 22.7 Å². The largest absolute Gasteiger partial charge is 0.359 e. The number of anilines is 2. The lowest BCUT2D eigenvalue weighted by molar-refractivity contribution is 0.763. The van der Waals surface area contributed by atoms with Crippen molar-refractivity contribution in [2.45, 2.75) is 26.3 Å². The first-order valence-electron chi connectivity index (χ1n) is 5.95. The maximum absolute atomic E-state index is 4.57. The molecule has 0 amide bonds. The Balaban J connectivity index is 2.13. The minimum absolute atomic E-state index is 0.455. The topological polar surface area (TPSA) is 41.1 Å². The zero-order valence-electron chi connectivity index (χ0n) is 11.1. The molecule has 98 valence electrons.